The van der Waals surface area contributed by atoms with Gasteiger partial charge in [-0.1, -0.05) is 0 Å². The first-order chi connectivity index (χ1) is 8.72. The van der Waals surface area contributed by atoms with E-state index >= 15 is 0 Å². The molecule has 0 heterocycles. The Balaban J connectivity index is 1.88. The van der Waals surface area contributed by atoms with Crippen LogP contribution in [-0.4, -0.2) is 50.1 Å². The van der Waals surface area contributed by atoms with Crippen LogP contribution in [0.2, 0.25) is 0 Å². The summed E-state index contributed by atoms with van der Waals surface area (Å²) in [5, 5.41) is 12.7. The van der Waals surface area contributed by atoms with E-state index < -0.39 is 0 Å². The van der Waals surface area contributed by atoms with Gasteiger partial charge in [0.05, 0.1) is 19.3 Å². The van der Waals surface area contributed by atoms with Crippen LogP contribution in [0.5, 0.6) is 0 Å². The van der Waals surface area contributed by atoms with E-state index in [0.717, 1.165) is 38.8 Å². The van der Waals surface area contributed by atoms with Crippen molar-refractivity contribution in [1.82, 2.24) is 5.32 Å². The Kier molecular flexibility index (Phi) is 7.96. The molecule has 1 fully saturated rings. The lowest BCUT2D eigenvalue weighted by atomic mass is 9.87. The number of rotatable bonds is 8. The van der Waals surface area contributed by atoms with Crippen LogP contribution in [0.3, 0.4) is 0 Å². The minimum Gasteiger partial charge on any atom is -0.464 e. The van der Waals surface area contributed by atoms with Gasteiger partial charge in [-0.05, 0) is 45.1 Å². The first-order valence-corrected chi connectivity index (χ1v) is 6.84. The van der Waals surface area contributed by atoms with Gasteiger partial charge in [-0.2, -0.15) is 0 Å². The van der Waals surface area contributed by atoms with E-state index in [-0.39, 0.29) is 18.7 Å². The molecule has 2 N–H and O–H groups in total. The van der Waals surface area contributed by atoms with Gasteiger partial charge in [0.15, 0.2) is 0 Å². The summed E-state index contributed by atoms with van der Waals surface area (Å²) in [5.74, 6) is 0.359. The molecule has 18 heavy (non-hydrogen) atoms. The zero-order valence-corrected chi connectivity index (χ0v) is 11.2. The maximum atomic E-state index is 11.0. The highest BCUT2D eigenvalue weighted by atomic mass is 16.6. The van der Waals surface area contributed by atoms with Gasteiger partial charge in [0.1, 0.15) is 6.61 Å². The maximum absolute atomic E-state index is 11.0. The summed E-state index contributed by atoms with van der Waals surface area (Å²) >= 11 is 0. The minimum atomic E-state index is -0.307. The van der Waals surface area contributed by atoms with Gasteiger partial charge in [-0.25, -0.2) is 4.79 Å². The molecule has 0 aromatic heterocycles. The molecule has 1 aliphatic rings. The van der Waals surface area contributed by atoms with Gasteiger partial charge in [-0.3, -0.25) is 0 Å². The number of aliphatic hydroxyl groups is 1. The van der Waals surface area contributed by atoms with Crippen LogP contribution in [0.1, 0.15) is 32.6 Å². The van der Waals surface area contributed by atoms with E-state index in [1.807, 2.05) is 0 Å². The lowest BCUT2D eigenvalue weighted by Gasteiger charge is -2.25. The second-order valence-corrected chi connectivity index (χ2v) is 4.74. The van der Waals surface area contributed by atoms with Crippen molar-refractivity contribution in [2.75, 3.05) is 32.9 Å². The number of hydrogen-bond acceptors (Lipinski definition) is 5. The highest BCUT2D eigenvalue weighted by molar-refractivity contribution is 5.70. The van der Waals surface area contributed by atoms with Crippen LogP contribution >= 0.6 is 0 Å². The van der Waals surface area contributed by atoms with Crippen molar-refractivity contribution in [2.45, 2.75) is 38.7 Å². The predicted octanol–water partition coefficient (Wildman–Crippen LogP) is 0.707. The zero-order chi connectivity index (χ0) is 13.2. The molecular weight excluding hydrogens is 234 g/mol. The molecule has 0 aliphatic heterocycles. The zero-order valence-electron chi connectivity index (χ0n) is 11.2. The van der Waals surface area contributed by atoms with Crippen molar-refractivity contribution in [3.63, 3.8) is 0 Å². The molecular formula is C13H25NO4. The van der Waals surface area contributed by atoms with E-state index in [0.29, 0.717) is 19.1 Å². The third-order valence-electron chi connectivity index (χ3n) is 3.20. The number of ether oxygens (including phenoxy) is 2. The van der Waals surface area contributed by atoms with E-state index in [9.17, 15) is 9.90 Å². The predicted molar refractivity (Wildman–Crippen MR) is 68.3 cm³/mol. The van der Waals surface area contributed by atoms with Crippen LogP contribution in [0, 0.1) is 5.92 Å². The molecule has 0 radical (unpaired) electrons. The van der Waals surface area contributed by atoms with Gasteiger partial charge in [-0.15, -0.1) is 0 Å². The first kappa shape index (κ1) is 15.4. The van der Waals surface area contributed by atoms with Crippen molar-refractivity contribution in [2.24, 2.45) is 5.92 Å². The molecule has 5 heteroatoms. The fourth-order valence-electron chi connectivity index (χ4n) is 2.16. The Hall–Kier alpha value is -0.650. The fraction of sp³-hybridized carbons (Fsp3) is 0.923. The molecule has 1 aliphatic carbocycles. The highest BCUT2D eigenvalue weighted by Crippen LogP contribution is 2.23. The largest absolute Gasteiger partial charge is 0.464 e. The van der Waals surface area contributed by atoms with Crippen molar-refractivity contribution in [3.05, 3.63) is 0 Å². The number of carbonyl (C=O) groups is 1. The number of esters is 1. The number of hydrogen-bond donors (Lipinski definition) is 2. The Morgan fingerprint density at radius 1 is 1.33 bits per heavy atom. The van der Waals surface area contributed by atoms with Crippen LogP contribution in [-0.2, 0) is 14.3 Å². The summed E-state index contributed by atoms with van der Waals surface area (Å²) in [6.07, 6.45) is 3.95. The van der Waals surface area contributed by atoms with Crippen molar-refractivity contribution in [1.29, 1.82) is 0 Å². The summed E-state index contributed by atoms with van der Waals surface area (Å²) in [6.45, 7) is 4.45. The second kappa shape index (κ2) is 9.30. The molecule has 0 aromatic rings. The molecule has 0 spiro atoms. The SMILES string of the molecule is CCOC(=O)COCCNCC1CCC(O)CC1. The van der Waals surface area contributed by atoms with Crippen molar-refractivity contribution >= 4 is 5.97 Å². The molecule has 0 atom stereocenters. The van der Waals surface area contributed by atoms with Gasteiger partial charge < -0.3 is 19.9 Å². The smallest absolute Gasteiger partial charge is 0.332 e. The van der Waals surface area contributed by atoms with E-state index in [1.165, 1.54) is 0 Å². The molecule has 0 bridgehead atoms. The van der Waals surface area contributed by atoms with Crippen LogP contribution in [0.4, 0.5) is 0 Å². The molecule has 1 saturated carbocycles. The monoisotopic (exact) mass is 259 g/mol. The summed E-state index contributed by atoms with van der Waals surface area (Å²) in [6, 6.07) is 0. The first-order valence-electron chi connectivity index (χ1n) is 6.84. The standard InChI is InChI=1S/C13H25NO4/c1-2-18-13(16)10-17-8-7-14-9-11-3-5-12(15)6-4-11/h11-12,14-15H,2-10H2,1H3. The lowest BCUT2D eigenvalue weighted by molar-refractivity contribution is -0.148. The highest BCUT2D eigenvalue weighted by Gasteiger charge is 2.18. The molecule has 0 aromatic carbocycles. The van der Waals surface area contributed by atoms with Gasteiger partial charge >= 0.3 is 5.97 Å². The van der Waals surface area contributed by atoms with Crippen molar-refractivity contribution in [3.8, 4) is 0 Å². The summed E-state index contributed by atoms with van der Waals surface area (Å²) < 4.78 is 9.92. The topological polar surface area (TPSA) is 67.8 Å². The molecule has 0 unspecified atom stereocenters. The maximum Gasteiger partial charge on any atom is 0.332 e. The number of nitrogens with one attached hydrogen (secondary N) is 1. The second-order valence-electron chi connectivity index (χ2n) is 4.74. The third kappa shape index (κ3) is 6.93. The molecule has 0 saturated heterocycles. The lowest BCUT2D eigenvalue weighted by Crippen LogP contribution is -2.30. The summed E-state index contributed by atoms with van der Waals surface area (Å²) in [5.41, 5.74) is 0. The summed E-state index contributed by atoms with van der Waals surface area (Å²) in [7, 11) is 0. The average Bonchev–Trinajstić information content (AvgIpc) is 2.36. The van der Waals surface area contributed by atoms with Gasteiger partial charge in [0, 0.05) is 6.54 Å². The molecule has 106 valence electrons. The van der Waals surface area contributed by atoms with E-state index in [4.69, 9.17) is 9.47 Å². The third-order valence-corrected chi connectivity index (χ3v) is 3.20. The summed E-state index contributed by atoms with van der Waals surface area (Å²) in [4.78, 5) is 11.0. The Bertz CT molecular complexity index is 227. The quantitative estimate of drug-likeness (QED) is 0.496. The minimum absolute atomic E-state index is 0.0329. The Labute approximate surface area is 109 Å². The van der Waals surface area contributed by atoms with E-state index in [1.54, 1.807) is 6.92 Å². The number of aliphatic hydroxyl groups excluding tert-OH is 1. The van der Waals surface area contributed by atoms with E-state index in [2.05, 4.69) is 5.32 Å². The Morgan fingerprint density at radius 2 is 2.06 bits per heavy atom. The van der Waals surface area contributed by atoms with Crippen LogP contribution in [0.15, 0.2) is 0 Å². The normalized spacial score (nSPS) is 23.9. The number of carbonyl (C=O) groups excluding carboxylic acids is 1. The molecule has 0 amide bonds. The average molecular weight is 259 g/mol. The van der Waals surface area contributed by atoms with Gasteiger partial charge in [0.25, 0.3) is 0 Å². The Morgan fingerprint density at radius 3 is 2.72 bits per heavy atom. The van der Waals surface area contributed by atoms with Crippen molar-refractivity contribution < 1.29 is 19.4 Å². The van der Waals surface area contributed by atoms with Crippen LogP contribution in [0.25, 0.3) is 0 Å². The fourth-order valence-corrected chi connectivity index (χ4v) is 2.16. The van der Waals surface area contributed by atoms with Gasteiger partial charge in [0.2, 0.25) is 0 Å². The molecule has 5 nitrogen and oxygen atoms in total. The molecule has 1 rings (SSSR count). The van der Waals surface area contributed by atoms with Crippen LogP contribution < -0.4 is 5.32 Å².